The molecule has 18 heavy (non-hydrogen) atoms. The van der Waals surface area contributed by atoms with E-state index < -0.39 is 21.1 Å². The first kappa shape index (κ1) is 11.2. The van der Waals surface area contributed by atoms with E-state index in [4.69, 9.17) is 4.74 Å². The standard InChI is InChI=1S/C13H9FO3S/c14-10-6-2-1-5-9(10)13-17-11-7-3-4-8-12(11)18(13,15)16/h1-8,13H. The summed E-state index contributed by atoms with van der Waals surface area (Å²) in [6.07, 6.45) is 0. The zero-order chi connectivity index (χ0) is 12.8. The zero-order valence-corrected chi connectivity index (χ0v) is 10.0. The van der Waals surface area contributed by atoms with Crippen molar-refractivity contribution in [3.8, 4) is 5.75 Å². The van der Waals surface area contributed by atoms with Gasteiger partial charge in [-0.25, -0.2) is 12.8 Å². The topological polar surface area (TPSA) is 43.4 Å². The van der Waals surface area contributed by atoms with E-state index in [-0.39, 0.29) is 16.2 Å². The molecule has 1 aliphatic rings. The number of rotatable bonds is 1. The third kappa shape index (κ3) is 1.51. The monoisotopic (exact) mass is 264 g/mol. The molecule has 0 saturated carbocycles. The first-order chi connectivity index (χ1) is 8.60. The number of halogens is 1. The first-order valence-corrected chi connectivity index (χ1v) is 6.89. The second-order valence-electron chi connectivity index (χ2n) is 3.96. The summed E-state index contributed by atoms with van der Waals surface area (Å²) in [5, 5.41) is 0. The zero-order valence-electron chi connectivity index (χ0n) is 9.21. The fraction of sp³-hybridized carbons (Fsp3) is 0.0769. The quantitative estimate of drug-likeness (QED) is 0.795. The molecule has 0 saturated heterocycles. The third-order valence-corrected chi connectivity index (χ3v) is 4.69. The number of fused-ring (bicyclic) bond motifs is 1. The van der Waals surface area contributed by atoms with Crippen LogP contribution in [0.3, 0.4) is 0 Å². The average molecular weight is 264 g/mol. The van der Waals surface area contributed by atoms with Gasteiger partial charge in [-0.2, -0.15) is 0 Å². The van der Waals surface area contributed by atoms with E-state index in [1.54, 1.807) is 24.3 Å². The second-order valence-corrected chi connectivity index (χ2v) is 5.92. The van der Waals surface area contributed by atoms with Gasteiger partial charge in [0.2, 0.25) is 15.3 Å². The molecule has 0 amide bonds. The normalized spacial score (nSPS) is 20.2. The Hall–Kier alpha value is -1.88. The van der Waals surface area contributed by atoms with Crippen molar-refractivity contribution in [2.75, 3.05) is 0 Å². The summed E-state index contributed by atoms with van der Waals surface area (Å²) in [7, 11) is -3.68. The Morgan fingerprint density at radius 1 is 1.00 bits per heavy atom. The Morgan fingerprint density at radius 3 is 2.39 bits per heavy atom. The van der Waals surface area contributed by atoms with Gasteiger partial charge in [0.1, 0.15) is 16.5 Å². The molecule has 1 aliphatic heterocycles. The molecule has 0 bridgehead atoms. The van der Waals surface area contributed by atoms with Crippen LogP contribution in [0.5, 0.6) is 5.75 Å². The lowest BCUT2D eigenvalue weighted by molar-refractivity contribution is 0.286. The molecule has 1 heterocycles. The van der Waals surface area contributed by atoms with Gasteiger partial charge in [-0.05, 0) is 18.2 Å². The van der Waals surface area contributed by atoms with E-state index in [0.29, 0.717) is 0 Å². The summed E-state index contributed by atoms with van der Waals surface area (Å²) >= 11 is 0. The molecule has 5 heteroatoms. The number of para-hydroxylation sites is 1. The van der Waals surface area contributed by atoms with Gasteiger partial charge in [0.15, 0.2) is 0 Å². The van der Waals surface area contributed by atoms with Gasteiger partial charge in [0.25, 0.3) is 0 Å². The predicted octanol–water partition coefficient (Wildman–Crippen LogP) is 2.69. The Bertz CT molecular complexity index is 710. The van der Waals surface area contributed by atoms with Crippen LogP contribution in [0.4, 0.5) is 4.39 Å². The van der Waals surface area contributed by atoms with Crippen LogP contribution in [0.2, 0.25) is 0 Å². The summed E-state index contributed by atoms with van der Waals surface area (Å²) in [5.41, 5.74) is -1.26. The number of sulfone groups is 1. The number of hydrogen-bond donors (Lipinski definition) is 0. The van der Waals surface area contributed by atoms with Crippen LogP contribution in [0, 0.1) is 5.82 Å². The Morgan fingerprint density at radius 2 is 1.67 bits per heavy atom. The minimum absolute atomic E-state index is 0.0358. The van der Waals surface area contributed by atoms with Crippen LogP contribution in [-0.4, -0.2) is 8.42 Å². The molecule has 0 spiro atoms. The average Bonchev–Trinajstić information content (AvgIpc) is 2.63. The second kappa shape index (κ2) is 3.81. The van der Waals surface area contributed by atoms with Crippen molar-refractivity contribution < 1.29 is 17.5 Å². The van der Waals surface area contributed by atoms with Gasteiger partial charge in [0.05, 0.1) is 0 Å². The largest absolute Gasteiger partial charge is 0.468 e. The summed E-state index contributed by atoms with van der Waals surface area (Å²) in [5.74, 6) is -0.315. The molecule has 0 fully saturated rings. The van der Waals surface area contributed by atoms with Crippen molar-refractivity contribution in [3.63, 3.8) is 0 Å². The lowest BCUT2D eigenvalue weighted by atomic mass is 10.2. The van der Waals surface area contributed by atoms with Crippen LogP contribution in [0.1, 0.15) is 11.0 Å². The van der Waals surface area contributed by atoms with E-state index in [9.17, 15) is 12.8 Å². The maximum atomic E-state index is 13.7. The Labute approximate surface area is 104 Å². The van der Waals surface area contributed by atoms with Crippen LogP contribution in [0.15, 0.2) is 53.4 Å². The SMILES string of the molecule is O=S1(=O)c2ccccc2OC1c1ccccc1F. The highest BCUT2D eigenvalue weighted by Crippen LogP contribution is 2.43. The minimum atomic E-state index is -3.68. The highest BCUT2D eigenvalue weighted by Gasteiger charge is 2.41. The molecule has 3 nitrogen and oxygen atoms in total. The van der Waals surface area contributed by atoms with Crippen molar-refractivity contribution in [3.05, 3.63) is 59.9 Å². The van der Waals surface area contributed by atoms with Gasteiger partial charge in [-0.15, -0.1) is 0 Å². The maximum Gasteiger partial charge on any atom is 0.231 e. The molecule has 0 aliphatic carbocycles. The number of ether oxygens (including phenoxy) is 1. The van der Waals surface area contributed by atoms with Crippen molar-refractivity contribution in [2.45, 2.75) is 10.3 Å². The van der Waals surface area contributed by atoms with Crippen molar-refractivity contribution in [1.82, 2.24) is 0 Å². The molecular formula is C13H9FO3S. The number of benzene rings is 2. The molecule has 3 rings (SSSR count). The molecule has 1 unspecified atom stereocenters. The van der Waals surface area contributed by atoms with E-state index in [1.165, 1.54) is 24.3 Å². The molecule has 2 aromatic rings. The van der Waals surface area contributed by atoms with E-state index in [0.717, 1.165) is 0 Å². The predicted molar refractivity (Wildman–Crippen MR) is 63.4 cm³/mol. The van der Waals surface area contributed by atoms with Gasteiger partial charge >= 0.3 is 0 Å². The highest BCUT2D eigenvalue weighted by atomic mass is 32.2. The minimum Gasteiger partial charge on any atom is -0.468 e. The van der Waals surface area contributed by atoms with Crippen molar-refractivity contribution in [1.29, 1.82) is 0 Å². The van der Waals surface area contributed by atoms with Gasteiger partial charge in [-0.1, -0.05) is 30.3 Å². The highest BCUT2D eigenvalue weighted by molar-refractivity contribution is 7.91. The molecule has 0 radical (unpaired) electrons. The Kier molecular flexibility index (Phi) is 2.38. The third-order valence-electron chi connectivity index (χ3n) is 2.83. The summed E-state index contributed by atoms with van der Waals surface area (Å²) in [6, 6.07) is 12.1. The Balaban J connectivity index is 2.17. The maximum absolute atomic E-state index is 13.7. The van der Waals surface area contributed by atoms with Crippen LogP contribution in [-0.2, 0) is 9.84 Å². The van der Waals surface area contributed by atoms with E-state index in [1.807, 2.05) is 0 Å². The molecule has 1 atom stereocenters. The lowest BCUT2D eigenvalue weighted by Gasteiger charge is -2.10. The van der Waals surface area contributed by atoms with E-state index >= 15 is 0 Å². The van der Waals surface area contributed by atoms with E-state index in [2.05, 4.69) is 0 Å². The first-order valence-electron chi connectivity index (χ1n) is 5.35. The lowest BCUT2D eigenvalue weighted by Crippen LogP contribution is -2.13. The molecule has 2 aromatic carbocycles. The van der Waals surface area contributed by atoms with Crippen molar-refractivity contribution >= 4 is 9.84 Å². The summed E-state index contributed by atoms with van der Waals surface area (Å²) < 4.78 is 43.5. The fourth-order valence-corrected chi connectivity index (χ4v) is 3.62. The van der Waals surface area contributed by atoms with Crippen LogP contribution >= 0.6 is 0 Å². The smallest absolute Gasteiger partial charge is 0.231 e. The molecular weight excluding hydrogens is 255 g/mol. The van der Waals surface area contributed by atoms with Crippen LogP contribution < -0.4 is 4.74 Å². The van der Waals surface area contributed by atoms with Gasteiger partial charge < -0.3 is 4.74 Å². The van der Waals surface area contributed by atoms with Crippen molar-refractivity contribution in [2.24, 2.45) is 0 Å². The number of hydrogen-bond acceptors (Lipinski definition) is 3. The van der Waals surface area contributed by atoms with Gasteiger partial charge in [0, 0.05) is 5.56 Å². The summed E-state index contributed by atoms with van der Waals surface area (Å²) in [6.45, 7) is 0. The molecule has 0 N–H and O–H groups in total. The summed E-state index contributed by atoms with van der Waals surface area (Å²) in [4.78, 5) is 0.109. The molecule has 92 valence electrons. The van der Waals surface area contributed by atoms with Gasteiger partial charge in [-0.3, -0.25) is 0 Å². The van der Waals surface area contributed by atoms with Crippen LogP contribution in [0.25, 0.3) is 0 Å². The fourth-order valence-electron chi connectivity index (χ4n) is 1.97. The molecule has 0 aromatic heterocycles.